The second-order valence-corrected chi connectivity index (χ2v) is 7.30. The number of Topliss-reactive ketones (excluding diaryl/α,β-unsaturated/α-hetero) is 1. The number of rotatable bonds is 10. The number of carbonyl (C=O) groups excluding carboxylic acids is 3. The third-order valence-electron chi connectivity index (χ3n) is 5.08. The molecule has 154 valence electrons. The lowest BCUT2D eigenvalue weighted by atomic mass is 9.86. The summed E-state index contributed by atoms with van der Waals surface area (Å²) in [6.45, 7) is 5.04. The van der Waals surface area contributed by atoms with Gasteiger partial charge < -0.3 is 10.1 Å². The van der Waals surface area contributed by atoms with E-state index in [4.69, 9.17) is 4.74 Å². The maximum Gasteiger partial charge on any atom is 0.314 e. The first-order chi connectivity index (χ1) is 13.9. The molecule has 2 aromatic rings. The van der Waals surface area contributed by atoms with Crippen LogP contribution in [0.4, 0.5) is 0 Å². The molecule has 3 atom stereocenters. The number of ether oxygens (including phenoxy) is 1. The fourth-order valence-electron chi connectivity index (χ4n) is 3.20. The monoisotopic (exact) mass is 395 g/mol. The standard InChI is InChI=1S/C24H29NO4/c1-4-17(2)23(20-13-9-6-10-14-20)24(28)29-16-22(27)25-21(18(3)26)15-19-11-7-5-8-12-19/h5-14,17,21,23H,4,15-16H2,1-3H3,(H,25,27)/t17-,21+,23-/m1/s1. The lowest BCUT2D eigenvalue weighted by molar-refractivity contribution is -0.151. The lowest BCUT2D eigenvalue weighted by Crippen LogP contribution is -2.43. The Morgan fingerprint density at radius 1 is 0.966 bits per heavy atom. The number of hydrogen-bond donors (Lipinski definition) is 1. The molecule has 2 aromatic carbocycles. The van der Waals surface area contributed by atoms with Crippen molar-refractivity contribution in [2.45, 2.75) is 45.6 Å². The number of amides is 1. The van der Waals surface area contributed by atoms with Crippen molar-refractivity contribution in [3.63, 3.8) is 0 Å². The number of esters is 1. The van der Waals surface area contributed by atoms with Gasteiger partial charge in [0.2, 0.25) is 0 Å². The van der Waals surface area contributed by atoms with E-state index in [2.05, 4.69) is 5.32 Å². The minimum absolute atomic E-state index is 0.0796. The van der Waals surface area contributed by atoms with Crippen LogP contribution in [0.5, 0.6) is 0 Å². The Morgan fingerprint density at radius 3 is 2.10 bits per heavy atom. The molecule has 2 rings (SSSR count). The van der Waals surface area contributed by atoms with Crippen LogP contribution in [0.1, 0.15) is 44.2 Å². The summed E-state index contributed by atoms with van der Waals surface area (Å²) >= 11 is 0. The van der Waals surface area contributed by atoms with Gasteiger partial charge in [-0.25, -0.2) is 0 Å². The van der Waals surface area contributed by atoms with Crippen LogP contribution in [0.2, 0.25) is 0 Å². The van der Waals surface area contributed by atoms with Crippen molar-refractivity contribution in [3.05, 3.63) is 71.8 Å². The second-order valence-electron chi connectivity index (χ2n) is 7.30. The van der Waals surface area contributed by atoms with Gasteiger partial charge in [-0.15, -0.1) is 0 Å². The van der Waals surface area contributed by atoms with Crippen LogP contribution in [0.15, 0.2) is 60.7 Å². The van der Waals surface area contributed by atoms with Gasteiger partial charge in [-0.05, 0) is 30.4 Å². The Balaban J connectivity index is 1.96. The molecule has 0 aliphatic rings. The molecule has 0 radical (unpaired) electrons. The van der Waals surface area contributed by atoms with E-state index >= 15 is 0 Å². The number of benzene rings is 2. The first-order valence-corrected chi connectivity index (χ1v) is 9.97. The molecule has 0 fully saturated rings. The molecule has 5 nitrogen and oxygen atoms in total. The predicted octanol–water partition coefficient (Wildman–Crippen LogP) is 3.68. The van der Waals surface area contributed by atoms with Gasteiger partial charge >= 0.3 is 5.97 Å². The summed E-state index contributed by atoms with van der Waals surface area (Å²) in [6, 6.07) is 18.3. The third-order valence-corrected chi connectivity index (χ3v) is 5.08. The van der Waals surface area contributed by atoms with Crippen molar-refractivity contribution in [1.29, 1.82) is 0 Å². The molecule has 1 amide bonds. The topological polar surface area (TPSA) is 72.5 Å². The Kier molecular flexibility index (Phi) is 8.59. The van der Waals surface area contributed by atoms with E-state index in [1.165, 1.54) is 6.92 Å². The van der Waals surface area contributed by atoms with Crippen molar-refractivity contribution in [1.82, 2.24) is 5.32 Å². The Bertz CT molecular complexity index is 804. The van der Waals surface area contributed by atoms with Gasteiger partial charge in [-0.3, -0.25) is 14.4 Å². The number of hydrogen-bond acceptors (Lipinski definition) is 4. The van der Waals surface area contributed by atoms with Crippen molar-refractivity contribution >= 4 is 17.7 Å². The Hall–Kier alpha value is -2.95. The average molecular weight is 395 g/mol. The molecule has 0 spiro atoms. The van der Waals surface area contributed by atoms with E-state index in [1.807, 2.05) is 74.5 Å². The van der Waals surface area contributed by atoms with Gasteiger partial charge in [-0.2, -0.15) is 0 Å². The zero-order valence-electron chi connectivity index (χ0n) is 17.3. The van der Waals surface area contributed by atoms with Gasteiger partial charge in [0.15, 0.2) is 12.4 Å². The lowest BCUT2D eigenvalue weighted by Gasteiger charge is -2.22. The summed E-state index contributed by atoms with van der Waals surface area (Å²) in [4.78, 5) is 36.9. The van der Waals surface area contributed by atoms with Crippen molar-refractivity contribution in [2.75, 3.05) is 6.61 Å². The van der Waals surface area contributed by atoms with Crippen LogP contribution in [-0.2, 0) is 25.5 Å². The molecule has 0 aromatic heterocycles. The molecule has 0 unspecified atom stereocenters. The highest BCUT2D eigenvalue weighted by atomic mass is 16.5. The van der Waals surface area contributed by atoms with Gasteiger partial charge in [0.05, 0.1) is 12.0 Å². The Labute approximate surface area is 172 Å². The average Bonchev–Trinajstić information content (AvgIpc) is 2.73. The van der Waals surface area contributed by atoms with Gasteiger partial charge in [0.25, 0.3) is 5.91 Å². The molecule has 29 heavy (non-hydrogen) atoms. The van der Waals surface area contributed by atoms with E-state index in [0.29, 0.717) is 6.42 Å². The number of carbonyl (C=O) groups is 3. The van der Waals surface area contributed by atoms with Gasteiger partial charge in [0, 0.05) is 0 Å². The fourth-order valence-corrected chi connectivity index (χ4v) is 3.20. The molecule has 0 saturated carbocycles. The molecule has 0 bridgehead atoms. The van der Waals surface area contributed by atoms with Crippen LogP contribution >= 0.6 is 0 Å². The molecule has 0 aliphatic carbocycles. The van der Waals surface area contributed by atoms with Crippen molar-refractivity contribution < 1.29 is 19.1 Å². The van der Waals surface area contributed by atoms with Crippen LogP contribution in [0, 0.1) is 5.92 Å². The SMILES string of the molecule is CC[C@@H](C)[C@@H](C(=O)OCC(=O)N[C@@H](Cc1ccccc1)C(C)=O)c1ccccc1. The third kappa shape index (κ3) is 6.86. The van der Waals surface area contributed by atoms with Crippen molar-refractivity contribution in [3.8, 4) is 0 Å². The van der Waals surface area contributed by atoms with Crippen molar-refractivity contribution in [2.24, 2.45) is 5.92 Å². The normalized spacial score (nSPS) is 13.8. The predicted molar refractivity (Wildman–Crippen MR) is 112 cm³/mol. The highest BCUT2D eigenvalue weighted by Crippen LogP contribution is 2.28. The van der Waals surface area contributed by atoms with Crippen LogP contribution < -0.4 is 5.32 Å². The maximum atomic E-state index is 12.7. The quantitative estimate of drug-likeness (QED) is 0.623. The number of ketones is 1. The van der Waals surface area contributed by atoms with Crippen LogP contribution in [-0.4, -0.2) is 30.3 Å². The smallest absolute Gasteiger partial charge is 0.314 e. The van der Waals surface area contributed by atoms with E-state index in [1.54, 1.807) is 0 Å². The summed E-state index contributed by atoms with van der Waals surface area (Å²) < 4.78 is 5.31. The Morgan fingerprint density at radius 2 is 1.55 bits per heavy atom. The van der Waals surface area contributed by atoms with E-state index < -0.39 is 30.4 Å². The van der Waals surface area contributed by atoms with Crippen LogP contribution in [0.3, 0.4) is 0 Å². The van der Waals surface area contributed by atoms with E-state index in [0.717, 1.165) is 17.5 Å². The van der Waals surface area contributed by atoms with Gasteiger partial charge in [0.1, 0.15) is 0 Å². The summed E-state index contributed by atoms with van der Waals surface area (Å²) in [6.07, 6.45) is 1.21. The molecule has 5 heteroatoms. The maximum absolute atomic E-state index is 12.7. The molecule has 1 N–H and O–H groups in total. The molecule has 0 heterocycles. The minimum atomic E-state index is -0.650. The summed E-state index contributed by atoms with van der Waals surface area (Å²) in [5.41, 5.74) is 1.82. The number of nitrogens with one attached hydrogen (secondary N) is 1. The highest BCUT2D eigenvalue weighted by Gasteiger charge is 2.28. The zero-order chi connectivity index (χ0) is 21.2. The molecular weight excluding hydrogens is 366 g/mol. The molecule has 0 saturated heterocycles. The summed E-state index contributed by atoms with van der Waals surface area (Å²) in [7, 11) is 0. The molecule has 0 aliphatic heterocycles. The highest BCUT2D eigenvalue weighted by molar-refractivity contribution is 5.89. The van der Waals surface area contributed by atoms with E-state index in [9.17, 15) is 14.4 Å². The minimum Gasteiger partial charge on any atom is -0.455 e. The first kappa shape index (κ1) is 22.3. The molecular formula is C24H29NO4. The first-order valence-electron chi connectivity index (χ1n) is 9.97. The van der Waals surface area contributed by atoms with E-state index in [-0.39, 0.29) is 11.7 Å². The summed E-state index contributed by atoms with van der Waals surface area (Å²) in [5.74, 6) is -1.40. The fraction of sp³-hybridized carbons (Fsp3) is 0.375. The van der Waals surface area contributed by atoms with Crippen LogP contribution in [0.25, 0.3) is 0 Å². The largest absolute Gasteiger partial charge is 0.455 e. The zero-order valence-corrected chi connectivity index (χ0v) is 17.3. The van der Waals surface area contributed by atoms with Gasteiger partial charge in [-0.1, -0.05) is 80.9 Å². The summed E-state index contributed by atoms with van der Waals surface area (Å²) in [5, 5.41) is 2.68. The second kappa shape index (κ2) is 11.1.